The summed E-state index contributed by atoms with van der Waals surface area (Å²) in [6.45, 7) is 3.49. The van der Waals surface area contributed by atoms with Crippen LogP contribution in [0.15, 0.2) is 69.6 Å². The van der Waals surface area contributed by atoms with Crippen LogP contribution in [-0.2, 0) is 9.53 Å². The number of carbonyl (C=O) groups is 1. The Hall–Kier alpha value is -3.03. The smallest absolute Gasteiger partial charge is 0.338 e. The number of allylic oxidation sites excluding steroid dienone is 1. The third-order valence-corrected chi connectivity index (χ3v) is 6.24. The molecule has 0 unspecified atom stereocenters. The van der Waals surface area contributed by atoms with Crippen molar-refractivity contribution >= 4 is 35.0 Å². The van der Waals surface area contributed by atoms with Crippen LogP contribution in [0.1, 0.15) is 31.0 Å². The quantitative estimate of drug-likeness (QED) is 0.564. The van der Waals surface area contributed by atoms with Crippen LogP contribution >= 0.6 is 22.9 Å². The molecule has 0 spiro atoms. The fourth-order valence-corrected chi connectivity index (χ4v) is 4.74. The molecular weight excluding hydrogens is 439 g/mol. The van der Waals surface area contributed by atoms with Gasteiger partial charge in [0.1, 0.15) is 11.9 Å². The van der Waals surface area contributed by atoms with E-state index >= 15 is 0 Å². The highest BCUT2D eigenvalue weighted by atomic mass is 35.5. The Morgan fingerprint density at radius 2 is 1.97 bits per heavy atom. The molecule has 8 heteroatoms. The summed E-state index contributed by atoms with van der Waals surface area (Å²) in [5.74, 6) is -1.15. The van der Waals surface area contributed by atoms with Crippen LogP contribution in [0.3, 0.4) is 0 Å². The predicted molar refractivity (Wildman–Crippen MR) is 118 cm³/mol. The summed E-state index contributed by atoms with van der Waals surface area (Å²) >= 11 is 7.40. The zero-order chi connectivity index (χ0) is 22.1. The fourth-order valence-electron chi connectivity index (χ4n) is 3.52. The lowest BCUT2D eigenvalue weighted by molar-refractivity contribution is -0.139. The van der Waals surface area contributed by atoms with Crippen molar-refractivity contribution in [3.8, 4) is 0 Å². The number of aromatic nitrogens is 1. The molecule has 5 nitrogen and oxygen atoms in total. The molecule has 0 bridgehead atoms. The van der Waals surface area contributed by atoms with Gasteiger partial charge in [0.15, 0.2) is 4.80 Å². The first kappa shape index (κ1) is 21.2. The summed E-state index contributed by atoms with van der Waals surface area (Å²) in [7, 11) is 0. The van der Waals surface area contributed by atoms with Gasteiger partial charge in [0.2, 0.25) is 0 Å². The van der Waals surface area contributed by atoms with Crippen LogP contribution < -0.4 is 14.9 Å². The topological polar surface area (TPSA) is 60.7 Å². The number of halogens is 2. The Morgan fingerprint density at radius 1 is 1.26 bits per heavy atom. The van der Waals surface area contributed by atoms with Gasteiger partial charge in [-0.3, -0.25) is 9.36 Å². The number of rotatable bonds is 4. The minimum Gasteiger partial charge on any atom is -0.463 e. The van der Waals surface area contributed by atoms with Crippen molar-refractivity contribution in [3.63, 3.8) is 0 Å². The van der Waals surface area contributed by atoms with E-state index in [1.807, 2.05) is 6.07 Å². The molecule has 0 aliphatic carbocycles. The van der Waals surface area contributed by atoms with Crippen molar-refractivity contribution in [3.05, 3.63) is 101 Å². The van der Waals surface area contributed by atoms with Gasteiger partial charge >= 0.3 is 5.97 Å². The van der Waals surface area contributed by atoms with Gasteiger partial charge in [-0.05, 0) is 37.6 Å². The third-order valence-electron chi connectivity index (χ3n) is 4.91. The Balaban J connectivity index is 2.00. The molecule has 0 saturated carbocycles. The lowest BCUT2D eigenvalue weighted by Crippen LogP contribution is -2.40. The molecule has 0 N–H and O–H groups in total. The second kappa shape index (κ2) is 8.61. The van der Waals surface area contributed by atoms with Crippen molar-refractivity contribution in [2.75, 3.05) is 6.61 Å². The van der Waals surface area contributed by atoms with Crippen LogP contribution in [0.5, 0.6) is 0 Å². The van der Waals surface area contributed by atoms with E-state index in [0.717, 1.165) is 11.3 Å². The van der Waals surface area contributed by atoms with E-state index in [1.54, 1.807) is 56.3 Å². The monoisotopic (exact) mass is 456 g/mol. The van der Waals surface area contributed by atoms with Gasteiger partial charge < -0.3 is 4.74 Å². The highest BCUT2D eigenvalue weighted by Gasteiger charge is 2.34. The summed E-state index contributed by atoms with van der Waals surface area (Å²) in [6.07, 6.45) is 1.67. The maximum atomic E-state index is 14.8. The Bertz CT molecular complexity index is 1390. The van der Waals surface area contributed by atoms with Crippen molar-refractivity contribution in [2.45, 2.75) is 19.9 Å². The third kappa shape index (κ3) is 3.86. The zero-order valence-electron chi connectivity index (χ0n) is 16.8. The second-order valence-electron chi connectivity index (χ2n) is 6.85. The number of thiazole rings is 1. The molecule has 1 aliphatic heterocycles. The SMILES string of the molecule is CCOC(=O)C1=C(C)N=c2s/c(=C\c3ccccc3Cl)c(=O)n2[C@@H]1c1ccccc1F. The molecule has 0 saturated heterocycles. The van der Waals surface area contributed by atoms with Gasteiger partial charge in [0, 0.05) is 10.6 Å². The van der Waals surface area contributed by atoms with Gasteiger partial charge in [0.25, 0.3) is 5.56 Å². The zero-order valence-corrected chi connectivity index (χ0v) is 18.3. The Kier molecular flexibility index (Phi) is 5.89. The number of esters is 1. The number of benzene rings is 2. The van der Waals surface area contributed by atoms with E-state index in [0.29, 0.717) is 25.6 Å². The highest BCUT2D eigenvalue weighted by molar-refractivity contribution is 7.07. The number of hydrogen-bond donors (Lipinski definition) is 0. The van der Waals surface area contributed by atoms with Crippen molar-refractivity contribution < 1.29 is 13.9 Å². The molecule has 0 radical (unpaired) electrons. The van der Waals surface area contributed by atoms with Crippen LogP contribution in [0, 0.1) is 5.82 Å². The van der Waals surface area contributed by atoms with E-state index in [-0.39, 0.29) is 23.3 Å². The molecule has 1 aliphatic rings. The number of nitrogens with zero attached hydrogens (tertiary/aromatic N) is 2. The average Bonchev–Trinajstić information content (AvgIpc) is 3.04. The standard InChI is InChI=1S/C23H18ClFN2O3S/c1-3-30-22(29)19-13(2)26-23-27(20(19)15-9-5-7-11-17(15)25)21(28)18(31-23)12-14-8-4-6-10-16(14)24/h4-12,20H,3H2,1-2H3/b18-12-/t20-/m1/s1. The molecule has 158 valence electrons. The van der Waals surface area contributed by atoms with Gasteiger partial charge in [0.05, 0.1) is 22.4 Å². The molecule has 3 aromatic rings. The summed E-state index contributed by atoms with van der Waals surface area (Å²) < 4.78 is 21.7. The first-order valence-corrected chi connectivity index (χ1v) is 10.8. The minimum atomic E-state index is -0.982. The first-order valence-electron chi connectivity index (χ1n) is 9.61. The molecular formula is C23H18ClFN2O3S. The van der Waals surface area contributed by atoms with Gasteiger partial charge in [-0.2, -0.15) is 0 Å². The minimum absolute atomic E-state index is 0.142. The molecule has 2 heterocycles. The van der Waals surface area contributed by atoms with E-state index in [2.05, 4.69) is 4.99 Å². The van der Waals surface area contributed by atoms with Crippen LogP contribution in [0.25, 0.3) is 6.08 Å². The molecule has 1 aromatic heterocycles. The van der Waals surface area contributed by atoms with Crippen LogP contribution in [0.2, 0.25) is 5.02 Å². The normalized spacial score (nSPS) is 16.1. The number of hydrogen-bond acceptors (Lipinski definition) is 5. The van der Waals surface area contributed by atoms with E-state index in [9.17, 15) is 14.0 Å². The Morgan fingerprint density at radius 3 is 2.68 bits per heavy atom. The Labute approximate surface area is 186 Å². The van der Waals surface area contributed by atoms with Crippen LogP contribution in [0.4, 0.5) is 4.39 Å². The summed E-state index contributed by atoms with van der Waals surface area (Å²) in [5.41, 5.74) is 1.02. The van der Waals surface area contributed by atoms with Crippen molar-refractivity contribution in [1.82, 2.24) is 4.57 Å². The van der Waals surface area contributed by atoms with Gasteiger partial charge in [-0.15, -0.1) is 0 Å². The second-order valence-corrected chi connectivity index (χ2v) is 8.26. The van der Waals surface area contributed by atoms with Crippen LogP contribution in [-0.4, -0.2) is 17.1 Å². The maximum absolute atomic E-state index is 14.8. The average molecular weight is 457 g/mol. The summed E-state index contributed by atoms with van der Waals surface area (Å²) in [4.78, 5) is 31.0. The fraction of sp³-hybridized carbons (Fsp3) is 0.174. The highest BCUT2D eigenvalue weighted by Crippen LogP contribution is 2.32. The summed E-state index contributed by atoms with van der Waals surface area (Å²) in [5, 5.41) is 0.502. The first-order chi connectivity index (χ1) is 14.9. The molecule has 2 aromatic carbocycles. The number of carbonyl (C=O) groups excluding carboxylic acids is 1. The predicted octanol–water partition coefficient (Wildman–Crippen LogP) is 3.59. The number of fused-ring (bicyclic) bond motifs is 1. The molecule has 1 atom stereocenters. The molecule has 0 amide bonds. The van der Waals surface area contributed by atoms with E-state index in [1.165, 1.54) is 10.6 Å². The maximum Gasteiger partial charge on any atom is 0.338 e. The number of ether oxygens (including phenoxy) is 1. The molecule has 0 fully saturated rings. The van der Waals surface area contributed by atoms with Crippen molar-refractivity contribution in [2.24, 2.45) is 4.99 Å². The molecule has 4 rings (SSSR count). The van der Waals surface area contributed by atoms with Gasteiger partial charge in [-0.25, -0.2) is 14.2 Å². The van der Waals surface area contributed by atoms with Gasteiger partial charge in [-0.1, -0.05) is 59.3 Å². The summed E-state index contributed by atoms with van der Waals surface area (Å²) in [6, 6.07) is 12.2. The van der Waals surface area contributed by atoms with E-state index in [4.69, 9.17) is 16.3 Å². The lowest BCUT2D eigenvalue weighted by Gasteiger charge is -2.24. The molecule has 31 heavy (non-hydrogen) atoms. The van der Waals surface area contributed by atoms with E-state index < -0.39 is 17.8 Å². The largest absolute Gasteiger partial charge is 0.463 e. The van der Waals surface area contributed by atoms with Crippen molar-refractivity contribution in [1.29, 1.82) is 0 Å². The lowest BCUT2D eigenvalue weighted by atomic mass is 9.95.